The first kappa shape index (κ1) is 25.0. The number of carbonyl (C=O) groups is 1. The maximum atomic E-state index is 12.6. The number of hydrogen-bond acceptors (Lipinski definition) is 4. The second kappa shape index (κ2) is 12.6. The number of nitrogens with zero attached hydrogens (tertiary/aromatic N) is 3. The van der Waals surface area contributed by atoms with Crippen molar-refractivity contribution in [1.29, 1.82) is 0 Å². The number of thiophene rings is 1. The Morgan fingerprint density at radius 1 is 1.30 bits per heavy atom. The number of rotatable bonds is 7. The molecule has 0 atom stereocenters. The van der Waals surface area contributed by atoms with E-state index in [1.807, 2.05) is 11.9 Å². The zero-order valence-corrected chi connectivity index (χ0v) is 21.9. The first-order valence-electron chi connectivity index (χ1n) is 10.1. The molecule has 0 unspecified atom stereocenters. The highest BCUT2D eigenvalue weighted by molar-refractivity contribution is 14.0. The van der Waals surface area contributed by atoms with Crippen molar-refractivity contribution < 1.29 is 4.79 Å². The highest BCUT2D eigenvalue weighted by Crippen LogP contribution is 2.24. The molecule has 0 bridgehead atoms. The molecule has 0 saturated heterocycles. The first-order chi connectivity index (χ1) is 14.1. The molecule has 1 aliphatic rings. The fourth-order valence-corrected chi connectivity index (χ4v) is 4.72. The Bertz CT molecular complexity index is 838. The number of thioether (sulfide) groups is 1. The van der Waals surface area contributed by atoms with E-state index in [1.165, 1.54) is 20.9 Å². The highest BCUT2D eigenvalue weighted by Gasteiger charge is 2.21. The van der Waals surface area contributed by atoms with Crippen molar-refractivity contribution in [3.63, 3.8) is 0 Å². The second-order valence-electron chi connectivity index (χ2n) is 7.12. The van der Waals surface area contributed by atoms with Gasteiger partial charge >= 0.3 is 0 Å². The van der Waals surface area contributed by atoms with Gasteiger partial charge in [0.25, 0.3) is 0 Å². The third kappa shape index (κ3) is 6.88. The maximum absolute atomic E-state index is 12.6. The smallest absolute Gasteiger partial charge is 0.224 e. The van der Waals surface area contributed by atoms with Crippen molar-refractivity contribution in [3.05, 3.63) is 51.7 Å². The van der Waals surface area contributed by atoms with Gasteiger partial charge in [-0.25, -0.2) is 0 Å². The van der Waals surface area contributed by atoms with Crippen molar-refractivity contribution >= 4 is 58.9 Å². The third-order valence-corrected chi connectivity index (χ3v) is 6.79. The van der Waals surface area contributed by atoms with Crippen molar-refractivity contribution in [2.75, 3.05) is 32.9 Å². The van der Waals surface area contributed by atoms with Gasteiger partial charge in [0.2, 0.25) is 5.91 Å². The van der Waals surface area contributed by atoms with E-state index in [4.69, 9.17) is 4.99 Å². The minimum Gasteiger partial charge on any atom is -0.357 e. The van der Waals surface area contributed by atoms with Crippen LogP contribution < -0.4 is 5.32 Å². The van der Waals surface area contributed by atoms with Crippen molar-refractivity contribution in [3.8, 4) is 0 Å². The average molecular weight is 559 g/mol. The van der Waals surface area contributed by atoms with E-state index < -0.39 is 0 Å². The van der Waals surface area contributed by atoms with E-state index >= 15 is 0 Å². The predicted molar refractivity (Wildman–Crippen MR) is 139 cm³/mol. The predicted octanol–water partition coefficient (Wildman–Crippen LogP) is 4.46. The summed E-state index contributed by atoms with van der Waals surface area (Å²) in [6.07, 6.45) is 3.51. The summed E-state index contributed by atoms with van der Waals surface area (Å²) in [6.45, 7) is 5.71. The largest absolute Gasteiger partial charge is 0.357 e. The number of aliphatic imine (C=N–C) groups is 1. The lowest BCUT2D eigenvalue weighted by atomic mass is 10.1. The average Bonchev–Trinajstić information content (AvgIpc) is 3.21. The van der Waals surface area contributed by atoms with Gasteiger partial charge in [-0.05, 0) is 54.3 Å². The molecule has 1 amide bonds. The molecule has 2 heterocycles. The van der Waals surface area contributed by atoms with Crippen LogP contribution in [-0.4, -0.2) is 54.6 Å². The van der Waals surface area contributed by atoms with Gasteiger partial charge in [-0.15, -0.1) is 47.1 Å². The molecule has 1 aromatic heterocycles. The Hall–Kier alpha value is -1.26. The molecular weight excluding hydrogens is 527 g/mol. The molecule has 164 valence electrons. The number of benzene rings is 1. The molecule has 0 saturated carbocycles. The Morgan fingerprint density at radius 3 is 2.77 bits per heavy atom. The summed E-state index contributed by atoms with van der Waals surface area (Å²) in [6, 6.07) is 10.7. The first-order valence-corrected chi connectivity index (χ1v) is 12.2. The Labute approximate surface area is 205 Å². The van der Waals surface area contributed by atoms with Gasteiger partial charge in [0.05, 0.1) is 6.54 Å². The van der Waals surface area contributed by atoms with Crippen LogP contribution in [0.3, 0.4) is 0 Å². The number of amides is 1. The van der Waals surface area contributed by atoms with Crippen LogP contribution >= 0.6 is 47.1 Å². The van der Waals surface area contributed by atoms with Crippen molar-refractivity contribution in [1.82, 2.24) is 15.1 Å². The minimum atomic E-state index is 0. The summed E-state index contributed by atoms with van der Waals surface area (Å²) in [5, 5.41) is 5.46. The number of fused-ring (bicyclic) bond motifs is 1. The summed E-state index contributed by atoms with van der Waals surface area (Å²) in [5.41, 5.74) is 2.55. The van der Waals surface area contributed by atoms with Crippen LogP contribution in [0.2, 0.25) is 0 Å². The molecule has 1 aromatic carbocycles. The Kier molecular flexibility index (Phi) is 10.5. The van der Waals surface area contributed by atoms with Gasteiger partial charge in [-0.2, -0.15) is 0 Å². The van der Waals surface area contributed by atoms with Crippen LogP contribution in [0.5, 0.6) is 0 Å². The third-order valence-electron chi connectivity index (χ3n) is 5.02. The molecule has 0 fully saturated rings. The Balaban J connectivity index is 0.00000320. The van der Waals surface area contributed by atoms with Crippen LogP contribution in [0.4, 0.5) is 0 Å². The van der Waals surface area contributed by atoms with Gasteiger partial charge in [0, 0.05) is 49.4 Å². The fraction of sp³-hybridized carbons (Fsp3) is 0.455. The zero-order valence-electron chi connectivity index (χ0n) is 17.9. The summed E-state index contributed by atoms with van der Waals surface area (Å²) < 4.78 is 0. The molecule has 30 heavy (non-hydrogen) atoms. The fourth-order valence-electron chi connectivity index (χ4n) is 3.43. The lowest BCUT2D eigenvalue weighted by Crippen LogP contribution is -2.39. The molecular formula is C22H31IN4OS2. The van der Waals surface area contributed by atoms with Crippen LogP contribution in [0.15, 0.2) is 45.6 Å². The van der Waals surface area contributed by atoms with Gasteiger partial charge < -0.3 is 15.1 Å². The van der Waals surface area contributed by atoms with E-state index in [9.17, 15) is 4.79 Å². The van der Waals surface area contributed by atoms with Crippen LogP contribution in [0.25, 0.3) is 0 Å². The standard InChI is InChI=1S/C22H30N4OS2.HI/c1-4-23-22(25(2)15-17-5-7-19(28-3)8-6-17)24-12-9-21(27)26-13-10-20-18(16-26)11-14-29-20;/h5-8,11,14H,4,9-10,12-13,15-16H2,1-3H3,(H,23,24);1H. The van der Waals surface area contributed by atoms with Gasteiger partial charge in [-0.3, -0.25) is 9.79 Å². The highest BCUT2D eigenvalue weighted by atomic mass is 127. The SMILES string of the molecule is CCNC(=NCCC(=O)N1CCc2sccc2C1)N(C)Cc1ccc(SC)cc1.I. The van der Waals surface area contributed by atoms with E-state index in [-0.39, 0.29) is 29.9 Å². The molecule has 1 aliphatic heterocycles. The van der Waals surface area contributed by atoms with Crippen LogP contribution in [0.1, 0.15) is 29.3 Å². The topological polar surface area (TPSA) is 47.9 Å². The molecule has 8 heteroatoms. The van der Waals surface area contributed by atoms with Gasteiger partial charge in [0.1, 0.15) is 0 Å². The second-order valence-corrected chi connectivity index (χ2v) is 9.00. The molecule has 0 spiro atoms. The maximum Gasteiger partial charge on any atom is 0.224 e. The number of halogens is 1. The normalized spacial score (nSPS) is 13.4. The Morgan fingerprint density at radius 2 is 2.07 bits per heavy atom. The monoisotopic (exact) mass is 558 g/mol. The van der Waals surface area contributed by atoms with Crippen molar-refractivity contribution in [2.45, 2.75) is 37.8 Å². The zero-order chi connectivity index (χ0) is 20.6. The summed E-state index contributed by atoms with van der Waals surface area (Å²) >= 11 is 3.55. The molecule has 1 N–H and O–H groups in total. The molecule has 3 rings (SSSR count). The molecule has 0 radical (unpaired) electrons. The number of guanidine groups is 1. The van der Waals surface area contributed by atoms with E-state index in [0.29, 0.717) is 13.0 Å². The quantitative estimate of drug-likeness (QED) is 0.236. The summed E-state index contributed by atoms with van der Waals surface area (Å²) in [7, 11) is 2.04. The van der Waals surface area contributed by atoms with Crippen LogP contribution in [0, 0.1) is 0 Å². The molecule has 5 nitrogen and oxygen atoms in total. The number of hydrogen-bond donors (Lipinski definition) is 1. The van der Waals surface area contributed by atoms with E-state index in [1.54, 1.807) is 23.1 Å². The van der Waals surface area contributed by atoms with E-state index in [0.717, 1.165) is 38.6 Å². The van der Waals surface area contributed by atoms with Gasteiger partial charge in [0.15, 0.2) is 5.96 Å². The van der Waals surface area contributed by atoms with Crippen LogP contribution in [-0.2, 0) is 24.3 Å². The molecule has 0 aliphatic carbocycles. The molecule has 2 aromatic rings. The lowest BCUT2D eigenvalue weighted by molar-refractivity contribution is -0.131. The summed E-state index contributed by atoms with van der Waals surface area (Å²) in [4.78, 5) is 24.1. The summed E-state index contributed by atoms with van der Waals surface area (Å²) in [5.74, 6) is 1.03. The number of nitrogens with one attached hydrogen (secondary N) is 1. The van der Waals surface area contributed by atoms with E-state index in [2.05, 4.69) is 59.1 Å². The van der Waals surface area contributed by atoms with Gasteiger partial charge in [-0.1, -0.05) is 12.1 Å². The minimum absolute atomic E-state index is 0. The number of carbonyl (C=O) groups excluding carboxylic acids is 1. The van der Waals surface area contributed by atoms with Crippen molar-refractivity contribution in [2.24, 2.45) is 4.99 Å². The lowest BCUT2D eigenvalue weighted by Gasteiger charge is -2.27.